The topological polar surface area (TPSA) is 73.7 Å². The Labute approximate surface area is 110 Å². The molecule has 0 aliphatic carbocycles. The number of carboxylic acid groups (broad SMARTS) is 1. The minimum Gasteiger partial charge on any atom is -0.478 e. The molecule has 1 aromatic heterocycles. The zero-order chi connectivity index (χ0) is 13.3. The maximum Gasteiger partial charge on any atom is 0.337 e. The van der Waals surface area contributed by atoms with Crippen molar-refractivity contribution in [3.05, 3.63) is 22.8 Å². The van der Waals surface area contributed by atoms with Crippen LogP contribution < -0.4 is 4.90 Å². The fraction of sp³-hybridized carbons (Fsp3) is 0.500. The van der Waals surface area contributed by atoms with Crippen molar-refractivity contribution in [2.75, 3.05) is 18.0 Å². The molecule has 0 spiro atoms. The van der Waals surface area contributed by atoms with E-state index in [4.69, 9.17) is 16.7 Å². The predicted octanol–water partition coefficient (Wildman–Crippen LogP) is 1.64. The number of aliphatic hydroxyl groups excluding tert-OH is 1. The monoisotopic (exact) mass is 270 g/mol. The standard InChI is InChI=1S/C12H15ClN2O3/c1-7(16)8-2-3-15(6-8)11-10(13)4-9(5-14-11)12(17)18/h4-5,7-8,16H,2-3,6H2,1H3,(H,17,18). The third kappa shape index (κ3) is 2.57. The summed E-state index contributed by atoms with van der Waals surface area (Å²) in [5.41, 5.74) is 0.0787. The lowest BCUT2D eigenvalue weighted by atomic mass is 10.0. The van der Waals surface area contributed by atoms with E-state index in [1.165, 1.54) is 12.3 Å². The Morgan fingerprint density at radius 1 is 1.67 bits per heavy atom. The minimum atomic E-state index is -1.04. The number of carboxylic acids is 1. The van der Waals surface area contributed by atoms with Crippen molar-refractivity contribution in [1.29, 1.82) is 0 Å². The van der Waals surface area contributed by atoms with Crippen LogP contribution in [0.1, 0.15) is 23.7 Å². The molecular weight excluding hydrogens is 256 g/mol. The van der Waals surface area contributed by atoms with Gasteiger partial charge in [-0.1, -0.05) is 11.6 Å². The average molecular weight is 271 g/mol. The quantitative estimate of drug-likeness (QED) is 0.873. The van der Waals surface area contributed by atoms with Gasteiger partial charge < -0.3 is 15.1 Å². The van der Waals surface area contributed by atoms with E-state index >= 15 is 0 Å². The van der Waals surface area contributed by atoms with Gasteiger partial charge in [0, 0.05) is 25.2 Å². The number of hydrogen-bond acceptors (Lipinski definition) is 4. The Balaban J connectivity index is 2.18. The zero-order valence-corrected chi connectivity index (χ0v) is 10.8. The fourth-order valence-electron chi connectivity index (χ4n) is 2.15. The number of nitrogens with zero attached hydrogens (tertiary/aromatic N) is 2. The van der Waals surface area contributed by atoms with Crippen molar-refractivity contribution in [3.63, 3.8) is 0 Å². The van der Waals surface area contributed by atoms with Gasteiger partial charge in [-0.2, -0.15) is 0 Å². The Morgan fingerprint density at radius 2 is 2.39 bits per heavy atom. The van der Waals surface area contributed by atoms with Crippen LogP contribution in [0.5, 0.6) is 0 Å². The molecule has 1 saturated heterocycles. The first kappa shape index (κ1) is 13.1. The molecule has 1 aliphatic heterocycles. The van der Waals surface area contributed by atoms with Gasteiger partial charge in [-0.3, -0.25) is 0 Å². The van der Waals surface area contributed by atoms with Crippen LogP contribution in [0.25, 0.3) is 0 Å². The van der Waals surface area contributed by atoms with E-state index < -0.39 is 5.97 Å². The molecule has 2 rings (SSSR count). The Morgan fingerprint density at radius 3 is 2.89 bits per heavy atom. The van der Waals surface area contributed by atoms with Gasteiger partial charge in [0.1, 0.15) is 5.82 Å². The first-order valence-corrected chi connectivity index (χ1v) is 6.18. The highest BCUT2D eigenvalue weighted by atomic mass is 35.5. The van der Waals surface area contributed by atoms with E-state index in [0.717, 1.165) is 13.0 Å². The lowest BCUT2D eigenvalue weighted by Crippen LogP contribution is -2.25. The number of hydrogen-bond donors (Lipinski definition) is 2. The summed E-state index contributed by atoms with van der Waals surface area (Å²) < 4.78 is 0. The van der Waals surface area contributed by atoms with Crippen LogP contribution in [0.3, 0.4) is 0 Å². The molecule has 0 amide bonds. The normalized spacial score (nSPS) is 21.1. The van der Waals surface area contributed by atoms with Crippen LogP contribution in [-0.2, 0) is 0 Å². The van der Waals surface area contributed by atoms with Crippen molar-refractivity contribution in [2.45, 2.75) is 19.4 Å². The molecule has 2 N–H and O–H groups in total. The van der Waals surface area contributed by atoms with Crippen molar-refractivity contribution < 1.29 is 15.0 Å². The van der Waals surface area contributed by atoms with Crippen LogP contribution in [0.4, 0.5) is 5.82 Å². The first-order valence-electron chi connectivity index (χ1n) is 5.81. The van der Waals surface area contributed by atoms with Crippen LogP contribution >= 0.6 is 11.6 Å². The summed E-state index contributed by atoms with van der Waals surface area (Å²) in [4.78, 5) is 16.9. The third-order valence-corrected chi connectivity index (χ3v) is 3.55. The molecule has 18 heavy (non-hydrogen) atoms. The highest BCUT2D eigenvalue weighted by molar-refractivity contribution is 6.33. The largest absolute Gasteiger partial charge is 0.478 e. The minimum absolute atomic E-state index is 0.0787. The van der Waals surface area contributed by atoms with E-state index in [9.17, 15) is 9.90 Å². The Kier molecular flexibility index (Phi) is 3.73. The summed E-state index contributed by atoms with van der Waals surface area (Å²) in [6, 6.07) is 1.40. The second kappa shape index (κ2) is 5.12. The highest BCUT2D eigenvalue weighted by Gasteiger charge is 2.28. The van der Waals surface area contributed by atoms with E-state index in [2.05, 4.69) is 4.98 Å². The van der Waals surface area contributed by atoms with Gasteiger partial charge in [-0.25, -0.2) is 9.78 Å². The summed E-state index contributed by atoms with van der Waals surface area (Å²) in [5, 5.41) is 18.7. The molecule has 1 aliphatic rings. The molecule has 2 unspecified atom stereocenters. The zero-order valence-electron chi connectivity index (χ0n) is 10.0. The van der Waals surface area contributed by atoms with Gasteiger partial charge in [-0.15, -0.1) is 0 Å². The van der Waals surface area contributed by atoms with Crippen LogP contribution in [0.15, 0.2) is 12.3 Å². The summed E-state index contributed by atoms with van der Waals surface area (Å²) >= 11 is 6.05. The number of anilines is 1. The fourth-order valence-corrected chi connectivity index (χ4v) is 2.44. The Hall–Kier alpha value is -1.33. The number of rotatable bonds is 3. The second-order valence-electron chi connectivity index (χ2n) is 4.57. The molecule has 0 saturated carbocycles. The van der Waals surface area contributed by atoms with Crippen LogP contribution in [0, 0.1) is 5.92 Å². The van der Waals surface area contributed by atoms with Crippen molar-refractivity contribution in [2.24, 2.45) is 5.92 Å². The molecule has 98 valence electrons. The molecule has 2 atom stereocenters. The van der Waals surface area contributed by atoms with Gasteiger partial charge in [-0.05, 0) is 19.4 Å². The smallest absolute Gasteiger partial charge is 0.337 e. The number of aromatic nitrogens is 1. The van der Waals surface area contributed by atoms with E-state index in [0.29, 0.717) is 17.4 Å². The van der Waals surface area contributed by atoms with Crippen molar-refractivity contribution in [3.8, 4) is 0 Å². The third-order valence-electron chi connectivity index (χ3n) is 3.28. The molecule has 1 aromatic rings. The van der Waals surface area contributed by atoms with E-state index in [1.54, 1.807) is 6.92 Å². The van der Waals surface area contributed by atoms with Crippen LogP contribution in [0.2, 0.25) is 5.02 Å². The SMILES string of the molecule is CC(O)C1CCN(c2ncc(C(=O)O)cc2Cl)C1. The van der Waals surface area contributed by atoms with Gasteiger partial charge in [0.2, 0.25) is 0 Å². The molecular formula is C12H15ClN2O3. The number of halogens is 1. The molecule has 5 nitrogen and oxygen atoms in total. The van der Waals surface area contributed by atoms with Crippen molar-refractivity contribution in [1.82, 2.24) is 4.98 Å². The molecule has 2 heterocycles. The van der Waals surface area contributed by atoms with Crippen molar-refractivity contribution >= 4 is 23.4 Å². The van der Waals surface area contributed by atoms with E-state index in [1.807, 2.05) is 4.90 Å². The molecule has 0 radical (unpaired) electrons. The van der Waals surface area contributed by atoms with Gasteiger partial charge in [0.05, 0.1) is 16.7 Å². The molecule has 0 aromatic carbocycles. The molecule has 0 bridgehead atoms. The number of aromatic carboxylic acids is 1. The summed E-state index contributed by atoms with van der Waals surface area (Å²) in [6.45, 7) is 3.24. The first-order chi connectivity index (χ1) is 8.49. The Bertz CT molecular complexity index is 465. The van der Waals surface area contributed by atoms with Gasteiger partial charge in [0.15, 0.2) is 0 Å². The highest BCUT2D eigenvalue weighted by Crippen LogP contribution is 2.30. The average Bonchev–Trinajstić information content (AvgIpc) is 2.78. The van der Waals surface area contributed by atoms with Gasteiger partial charge >= 0.3 is 5.97 Å². The number of carbonyl (C=O) groups is 1. The number of pyridine rings is 1. The summed E-state index contributed by atoms with van der Waals surface area (Å²) in [5.74, 6) is -0.244. The number of aliphatic hydroxyl groups is 1. The van der Waals surface area contributed by atoms with Crippen LogP contribution in [-0.4, -0.2) is 40.4 Å². The summed E-state index contributed by atoms with van der Waals surface area (Å²) in [6.07, 6.45) is 1.84. The molecule has 6 heteroatoms. The lowest BCUT2D eigenvalue weighted by molar-refractivity contribution is 0.0696. The maximum absolute atomic E-state index is 10.8. The van der Waals surface area contributed by atoms with Gasteiger partial charge in [0.25, 0.3) is 0 Å². The predicted molar refractivity (Wildman–Crippen MR) is 68.2 cm³/mol. The second-order valence-corrected chi connectivity index (χ2v) is 4.98. The van der Waals surface area contributed by atoms with E-state index in [-0.39, 0.29) is 17.6 Å². The maximum atomic E-state index is 10.8. The lowest BCUT2D eigenvalue weighted by Gasteiger charge is -2.19. The summed E-state index contributed by atoms with van der Waals surface area (Å²) in [7, 11) is 0. The molecule has 1 fully saturated rings.